The minimum atomic E-state index is -4.46. The van der Waals surface area contributed by atoms with Crippen LogP contribution >= 0.6 is 0 Å². The molecule has 1 fully saturated rings. The van der Waals surface area contributed by atoms with Crippen LogP contribution in [0.3, 0.4) is 0 Å². The molecule has 0 spiro atoms. The molecule has 2 heterocycles. The SMILES string of the molecule is Cc1cc(CNS(=O)(=O)CC2CCC(C(F)(F)F)O2)on1. The number of aryl methyl sites for hydroxylation is 1. The van der Waals surface area contributed by atoms with Crippen LogP contribution in [0.25, 0.3) is 0 Å². The van der Waals surface area contributed by atoms with E-state index in [1.165, 1.54) is 0 Å². The highest BCUT2D eigenvalue weighted by atomic mass is 32.2. The standard InChI is InChI=1S/C11H15F3N2O4S/c1-7-4-9(20-16-7)5-15-21(17,18)6-8-2-3-10(19-8)11(12,13)14/h4,8,10,15H,2-3,5-6H2,1H3. The average Bonchev–Trinajstić information content (AvgIpc) is 2.94. The van der Waals surface area contributed by atoms with Gasteiger partial charge in [-0.05, 0) is 19.8 Å². The molecule has 0 saturated carbocycles. The third-order valence-corrected chi connectivity index (χ3v) is 4.42. The minimum absolute atomic E-state index is 0.0620. The molecule has 1 aromatic heterocycles. The molecule has 1 aliphatic heterocycles. The Kier molecular flexibility index (Phi) is 4.59. The summed E-state index contributed by atoms with van der Waals surface area (Å²) in [6.07, 6.45) is -7.44. The van der Waals surface area contributed by atoms with Crippen LogP contribution in [0.5, 0.6) is 0 Å². The Morgan fingerprint density at radius 2 is 2.14 bits per heavy atom. The second kappa shape index (κ2) is 5.93. The zero-order chi connectivity index (χ0) is 15.7. The van der Waals surface area contributed by atoms with Crippen LogP contribution in [-0.4, -0.2) is 37.7 Å². The van der Waals surface area contributed by atoms with Gasteiger partial charge in [0.15, 0.2) is 11.9 Å². The Morgan fingerprint density at radius 3 is 2.67 bits per heavy atom. The highest BCUT2D eigenvalue weighted by Gasteiger charge is 2.46. The molecule has 1 saturated heterocycles. The molecule has 2 rings (SSSR count). The van der Waals surface area contributed by atoms with Crippen LogP contribution in [0, 0.1) is 6.92 Å². The number of ether oxygens (including phenoxy) is 1. The van der Waals surface area contributed by atoms with E-state index in [4.69, 9.17) is 9.26 Å². The monoisotopic (exact) mass is 328 g/mol. The molecular formula is C11H15F3N2O4S. The summed E-state index contributed by atoms with van der Waals surface area (Å²) in [6, 6.07) is 1.56. The fourth-order valence-electron chi connectivity index (χ4n) is 2.05. The molecule has 1 aromatic rings. The Labute approximate surface area is 119 Å². The van der Waals surface area contributed by atoms with Crippen molar-refractivity contribution in [1.82, 2.24) is 9.88 Å². The number of halogens is 3. The van der Waals surface area contributed by atoms with Crippen LogP contribution in [0.15, 0.2) is 10.6 Å². The third kappa shape index (κ3) is 4.68. The van der Waals surface area contributed by atoms with Crippen molar-refractivity contribution in [2.45, 2.75) is 44.7 Å². The molecule has 1 N–H and O–H groups in total. The topological polar surface area (TPSA) is 81.4 Å². The molecule has 0 aliphatic carbocycles. The average molecular weight is 328 g/mol. The Morgan fingerprint density at radius 1 is 1.43 bits per heavy atom. The zero-order valence-corrected chi connectivity index (χ0v) is 12.0. The normalized spacial score (nSPS) is 23.6. The zero-order valence-electron chi connectivity index (χ0n) is 11.2. The lowest BCUT2D eigenvalue weighted by molar-refractivity contribution is -0.213. The number of sulfonamides is 1. The molecule has 10 heteroatoms. The highest BCUT2D eigenvalue weighted by Crippen LogP contribution is 2.33. The van der Waals surface area contributed by atoms with Gasteiger partial charge in [-0.25, -0.2) is 13.1 Å². The van der Waals surface area contributed by atoms with E-state index < -0.39 is 34.2 Å². The first-order valence-corrected chi connectivity index (χ1v) is 7.92. The summed E-state index contributed by atoms with van der Waals surface area (Å²) < 4.78 is 72.7. The number of hydrogen-bond donors (Lipinski definition) is 1. The molecule has 21 heavy (non-hydrogen) atoms. The lowest BCUT2D eigenvalue weighted by Gasteiger charge is -2.16. The lowest BCUT2D eigenvalue weighted by Crippen LogP contribution is -2.34. The molecule has 0 amide bonds. The van der Waals surface area contributed by atoms with E-state index in [1.807, 2.05) is 0 Å². The van der Waals surface area contributed by atoms with Crippen LogP contribution in [-0.2, 0) is 21.3 Å². The van der Waals surface area contributed by atoms with Crippen molar-refractivity contribution in [3.63, 3.8) is 0 Å². The van der Waals surface area contributed by atoms with Gasteiger partial charge in [-0.1, -0.05) is 5.16 Å². The molecule has 0 radical (unpaired) electrons. The van der Waals surface area contributed by atoms with Crippen molar-refractivity contribution in [2.75, 3.05) is 5.75 Å². The number of rotatable bonds is 5. The summed E-state index contributed by atoms with van der Waals surface area (Å²) in [5.41, 5.74) is 0.608. The van der Waals surface area contributed by atoms with E-state index in [0.29, 0.717) is 11.5 Å². The Bertz CT molecular complexity index is 585. The van der Waals surface area contributed by atoms with Crippen molar-refractivity contribution < 1.29 is 30.8 Å². The smallest absolute Gasteiger partial charge is 0.364 e. The van der Waals surface area contributed by atoms with E-state index in [1.54, 1.807) is 13.0 Å². The number of nitrogens with zero attached hydrogens (tertiary/aromatic N) is 1. The molecule has 120 valence electrons. The first kappa shape index (κ1) is 16.2. The summed E-state index contributed by atoms with van der Waals surface area (Å²) in [7, 11) is -3.75. The predicted molar refractivity (Wildman–Crippen MR) is 65.8 cm³/mol. The predicted octanol–water partition coefficient (Wildman–Crippen LogP) is 1.51. The fourth-order valence-corrected chi connectivity index (χ4v) is 3.27. The molecule has 2 atom stereocenters. The summed E-state index contributed by atoms with van der Waals surface area (Å²) in [5.74, 6) is -0.177. The van der Waals surface area contributed by atoms with Gasteiger partial charge >= 0.3 is 6.18 Å². The van der Waals surface area contributed by atoms with Gasteiger partial charge < -0.3 is 9.26 Å². The largest absolute Gasteiger partial charge is 0.414 e. The Balaban J connectivity index is 1.84. The van der Waals surface area contributed by atoms with Crippen LogP contribution in [0.4, 0.5) is 13.2 Å². The maximum atomic E-state index is 12.4. The summed E-state index contributed by atoms with van der Waals surface area (Å²) in [5, 5.41) is 3.60. The fraction of sp³-hybridized carbons (Fsp3) is 0.727. The van der Waals surface area contributed by atoms with Gasteiger partial charge in [0.2, 0.25) is 10.0 Å². The summed E-state index contributed by atoms with van der Waals surface area (Å²) in [4.78, 5) is 0. The number of hydrogen-bond acceptors (Lipinski definition) is 5. The van der Waals surface area contributed by atoms with Gasteiger partial charge in [0, 0.05) is 6.07 Å². The first-order chi connectivity index (χ1) is 9.66. The van der Waals surface area contributed by atoms with Crippen molar-refractivity contribution in [3.05, 3.63) is 17.5 Å². The first-order valence-electron chi connectivity index (χ1n) is 6.27. The highest BCUT2D eigenvalue weighted by molar-refractivity contribution is 7.89. The number of alkyl halides is 3. The molecule has 2 unspecified atom stereocenters. The Hall–Kier alpha value is -1.13. The quantitative estimate of drug-likeness (QED) is 0.886. The van der Waals surface area contributed by atoms with Crippen molar-refractivity contribution >= 4 is 10.0 Å². The van der Waals surface area contributed by atoms with Gasteiger partial charge in [0.1, 0.15) is 0 Å². The van der Waals surface area contributed by atoms with Crippen LogP contribution in [0.1, 0.15) is 24.3 Å². The third-order valence-electron chi connectivity index (χ3n) is 3.02. The van der Waals surface area contributed by atoms with Gasteiger partial charge in [0.25, 0.3) is 0 Å². The molecule has 0 bridgehead atoms. The second-order valence-corrected chi connectivity index (χ2v) is 6.75. The molecule has 1 aliphatic rings. The van der Waals surface area contributed by atoms with Crippen molar-refractivity contribution in [1.29, 1.82) is 0 Å². The van der Waals surface area contributed by atoms with Gasteiger partial charge in [-0.2, -0.15) is 13.2 Å². The van der Waals surface area contributed by atoms with E-state index in [0.717, 1.165) is 0 Å². The van der Waals surface area contributed by atoms with E-state index in [9.17, 15) is 21.6 Å². The maximum absolute atomic E-state index is 12.4. The molecular weight excluding hydrogens is 313 g/mol. The summed E-state index contributed by atoms with van der Waals surface area (Å²) in [6.45, 7) is 1.59. The minimum Gasteiger partial charge on any atom is -0.364 e. The summed E-state index contributed by atoms with van der Waals surface area (Å²) >= 11 is 0. The second-order valence-electron chi connectivity index (χ2n) is 4.90. The van der Waals surface area contributed by atoms with Crippen LogP contribution < -0.4 is 4.72 Å². The van der Waals surface area contributed by atoms with Gasteiger partial charge in [0.05, 0.1) is 24.1 Å². The van der Waals surface area contributed by atoms with E-state index in [2.05, 4.69) is 9.88 Å². The number of aromatic nitrogens is 1. The van der Waals surface area contributed by atoms with E-state index in [-0.39, 0.29) is 19.4 Å². The maximum Gasteiger partial charge on any atom is 0.414 e. The van der Waals surface area contributed by atoms with Gasteiger partial charge in [-0.3, -0.25) is 0 Å². The van der Waals surface area contributed by atoms with Gasteiger partial charge in [-0.15, -0.1) is 0 Å². The lowest BCUT2D eigenvalue weighted by atomic mass is 10.2. The molecule has 6 nitrogen and oxygen atoms in total. The molecule has 0 aromatic carbocycles. The van der Waals surface area contributed by atoms with Crippen molar-refractivity contribution in [3.8, 4) is 0 Å². The van der Waals surface area contributed by atoms with Crippen LogP contribution in [0.2, 0.25) is 0 Å². The van der Waals surface area contributed by atoms with E-state index >= 15 is 0 Å². The number of nitrogens with one attached hydrogen (secondary N) is 1. The van der Waals surface area contributed by atoms with Crippen molar-refractivity contribution in [2.24, 2.45) is 0 Å².